The molecule has 1 aliphatic carbocycles. The lowest BCUT2D eigenvalue weighted by Crippen LogP contribution is -2.49. The molecule has 3 aliphatic rings. The Balaban J connectivity index is 1.17. The van der Waals surface area contributed by atoms with Crippen LogP contribution in [0.15, 0.2) is 36.7 Å². The van der Waals surface area contributed by atoms with E-state index in [1.165, 1.54) is 11.1 Å². The van der Waals surface area contributed by atoms with Gasteiger partial charge in [-0.2, -0.15) is 0 Å². The van der Waals surface area contributed by atoms with Gasteiger partial charge in [0, 0.05) is 74.7 Å². The molecule has 2 saturated heterocycles. The van der Waals surface area contributed by atoms with E-state index in [2.05, 4.69) is 62.8 Å². The maximum Gasteiger partial charge on any atom is 0.226 e. The summed E-state index contributed by atoms with van der Waals surface area (Å²) in [5.41, 5.74) is 12.2. The SMILES string of the molecule is CC(C)N1CCN(C(O)c2ccc(CCC3CCCc4c(-c5cnc(N)nc5)nc(N5CCOCC5)nc43)cc2)CC1. The summed E-state index contributed by atoms with van der Waals surface area (Å²) >= 11 is 0. The highest BCUT2D eigenvalue weighted by atomic mass is 16.5. The molecule has 4 heterocycles. The van der Waals surface area contributed by atoms with Gasteiger partial charge in [-0.3, -0.25) is 9.80 Å². The summed E-state index contributed by atoms with van der Waals surface area (Å²) in [6.45, 7) is 11.2. The molecule has 0 spiro atoms. The number of aryl methyl sites for hydroxylation is 1. The van der Waals surface area contributed by atoms with Gasteiger partial charge in [-0.1, -0.05) is 24.3 Å². The topological polar surface area (TPSA) is 117 Å². The number of nitrogen functional groups attached to an aromatic ring is 1. The Kier molecular flexibility index (Phi) is 8.95. The Morgan fingerprint density at radius 1 is 0.952 bits per heavy atom. The van der Waals surface area contributed by atoms with Crippen LogP contribution in [0.1, 0.15) is 67.6 Å². The molecular weight excluding hydrogens is 528 g/mol. The summed E-state index contributed by atoms with van der Waals surface area (Å²) in [6.07, 6.45) is 8.15. The van der Waals surface area contributed by atoms with Crippen LogP contribution in [0, 0.1) is 0 Å². The zero-order valence-electron chi connectivity index (χ0n) is 25.0. The minimum absolute atomic E-state index is 0.264. The lowest BCUT2D eigenvalue weighted by atomic mass is 9.82. The van der Waals surface area contributed by atoms with Crippen LogP contribution in [-0.4, -0.2) is 93.4 Å². The fraction of sp³-hybridized carbons (Fsp3) is 0.562. The van der Waals surface area contributed by atoms with Gasteiger partial charge in [0.05, 0.1) is 24.6 Å². The van der Waals surface area contributed by atoms with Gasteiger partial charge in [0.25, 0.3) is 0 Å². The Morgan fingerprint density at radius 3 is 2.33 bits per heavy atom. The molecule has 0 saturated carbocycles. The number of hydrogen-bond acceptors (Lipinski definition) is 10. The number of fused-ring (bicyclic) bond motifs is 1. The van der Waals surface area contributed by atoms with E-state index in [0.29, 0.717) is 25.2 Å². The van der Waals surface area contributed by atoms with E-state index in [-0.39, 0.29) is 5.95 Å². The highest BCUT2D eigenvalue weighted by Crippen LogP contribution is 2.39. The van der Waals surface area contributed by atoms with E-state index in [1.807, 2.05) is 0 Å². The Morgan fingerprint density at radius 2 is 1.64 bits per heavy atom. The first-order valence-electron chi connectivity index (χ1n) is 15.5. The highest BCUT2D eigenvalue weighted by Gasteiger charge is 2.29. The van der Waals surface area contributed by atoms with Gasteiger partial charge >= 0.3 is 0 Å². The molecule has 6 rings (SSSR count). The van der Waals surface area contributed by atoms with Gasteiger partial charge in [-0.25, -0.2) is 19.9 Å². The van der Waals surface area contributed by atoms with Crippen molar-refractivity contribution in [1.29, 1.82) is 0 Å². The summed E-state index contributed by atoms with van der Waals surface area (Å²) < 4.78 is 5.59. The smallest absolute Gasteiger partial charge is 0.226 e. The van der Waals surface area contributed by atoms with Crippen molar-refractivity contribution in [2.45, 2.75) is 64.1 Å². The van der Waals surface area contributed by atoms with Crippen molar-refractivity contribution < 1.29 is 9.84 Å². The van der Waals surface area contributed by atoms with Crippen molar-refractivity contribution in [3.8, 4) is 11.3 Å². The number of benzene rings is 1. The molecule has 224 valence electrons. The van der Waals surface area contributed by atoms with Crippen LogP contribution in [0.4, 0.5) is 11.9 Å². The van der Waals surface area contributed by atoms with Crippen molar-refractivity contribution in [2.75, 3.05) is 63.1 Å². The number of rotatable bonds is 8. The number of morpholine rings is 1. The van der Waals surface area contributed by atoms with Crippen molar-refractivity contribution in [1.82, 2.24) is 29.7 Å². The van der Waals surface area contributed by atoms with E-state index in [4.69, 9.17) is 20.4 Å². The largest absolute Gasteiger partial charge is 0.378 e. The molecule has 42 heavy (non-hydrogen) atoms. The minimum Gasteiger partial charge on any atom is -0.378 e. The highest BCUT2D eigenvalue weighted by molar-refractivity contribution is 5.65. The van der Waals surface area contributed by atoms with Crippen LogP contribution < -0.4 is 10.6 Å². The standard InChI is InChI=1S/C32H44N8O2/c1-22(2)38-12-14-39(15-13-38)30(41)25-10-7-23(8-11-25)6-9-24-4-3-5-27-28(24)36-32(40-16-18-42-19-17-40)37-29(27)26-20-34-31(33)35-21-26/h7-8,10-11,20-22,24,30,41H,3-6,9,12-19H2,1-2H3,(H2,33,34,35). The fourth-order valence-electron chi connectivity index (χ4n) is 6.53. The molecule has 1 aromatic carbocycles. The molecule has 2 atom stereocenters. The van der Waals surface area contributed by atoms with Gasteiger partial charge < -0.3 is 20.5 Å². The third kappa shape index (κ3) is 6.41. The quantitative estimate of drug-likeness (QED) is 0.416. The number of aromatic nitrogens is 4. The third-order valence-electron chi connectivity index (χ3n) is 9.12. The third-order valence-corrected chi connectivity index (χ3v) is 9.12. The van der Waals surface area contributed by atoms with Gasteiger partial charge in [0.15, 0.2) is 0 Å². The first-order valence-corrected chi connectivity index (χ1v) is 15.5. The average Bonchev–Trinajstić information content (AvgIpc) is 3.04. The normalized spacial score (nSPS) is 21.0. The number of nitrogens with zero attached hydrogens (tertiary/aromatic N) is 7. The van der Waals surface area contributed by atoms with Crippen molar-refractivity contribution in [3.63, 3.8) is 0 Å². The Hall–Kier alpha value is -3.18. The van der Waals surface area contributed by atoms with Gasteiger partial charge in [0.1, 0.15) is 6.23 Å². The molecule has 10 heteroatoms. The van der Waals surface area contributed by atoms with E-state index in [9.17, 15) is 5.11 Å². The Bertz CT molecular complexity index is 1320. The van der Waals surface area contributed by atoms with E-state index in [0.717, 1.165) is 99.8 Å². The average molecular weight is 573 g/mol. The number of ether oxygens (including phenoxy) is 1. The summed E-state index contributed by atoms with van der Waals surface area (Å²) in [7, 11) is 0. The van der Waals surface area contributed by atoms with Crippen LogP contribution >= 0.6 is 0 Å². The molecule has 2 aromatic heterocycles. The predicted molar refractivity (Wildman–Crippen MR) is 164 cm³/mol. The minimum atomic E-state index is -0.551. The van der Waals surface area contributed by atoms with Crippen molar-refractivity contribution >= 4 is 11.9 Å². The van der Waals surface area contributed by atoms with Gasteiger partial charge in [-0.15, -0.1) is 0 Å². The molecule has 0 radical (unpaired) electrons. The van der Waals surface area contributed by atoms with Crippen LogP contribution in [0.2, 0.25) is 0 Å². The maximum atomic E-state index is 11.0. The molecule has 0 amide bonds. The Labute approximate surface area is 249 Å². The summed E-state index contributed by atoms with van der Waals surface area (Å²) in [5.74, 6) is 1.39. The van der Waals surface area contributed by atoms with Crippen LogP contribution in [0.5, 0.6) is 0 Å². The monoisotopic (exact) mass is 572 g/mol. The fourth-order valence-corrected chi connectivity index (χ4v) is 6.53. The molecule has 3 aromatic rings. The number of nitrogens with two attached hydrogens (primary N) is 1. The molecule has 0 bridgehead atoms. The second-order valence-corrected chi connectivity index (χ2v) is 12.1. The lowest BCUT2D eigenvalue weighted by molar-refractivity contribution is -0.0321. The molecule has 10 nitrogen and oxygen atoms in total. The molecule has 2 aliphatic heterocycles. The summed E-state index contributed by atoms with van der Waals surface area (Å²) in [5, 5.41) is 11.0. The second-order valence-electron chi connectivity index (χ2n) is 12.1. The van der Waals surface area contributed by atoms with Gasteiger partial charge in [0.2, 0.25) is 11.9 Å². The van der Waals surface area contributed by atoms with Crippen molar-refractivity contribution in [2.24, 2.45) is 0 Å². The first-order chi connectivity index (χ1) is 20.5. The van der Waals surface area contributed by atoms with Crippen LogP contribution in [-0.2, 0) is 17.6 Å². The van der Waals surface area contributed by atoms with Gasteiger partial charge in [-0.05, 0) is 57.1 Å². The van der Waals surface area contributed by atoms with E-state index < -0.39 is 6.23 Å². The maximum absolute atomic E-state index is 11.0. The zero-order valence-corrected chi connectivity index (χ0v) is 25.0. The second kappa shape index (κ2) is 13.0. The summed E-state index contributed by atoms with van der Waals surface area (Å²) in [6, 6.07) is 9.12. The molecule has 2 fully saturated rings. The number of hydrogen-bond donors (Lipinski definition) is 2. The van der Waals surface area contributed by atoms with Crippen molar-refractivity contribution in [3.05, 3.63) is 59.0 Å². The number of aliphatic hydroxyl groups excluding tert-OH is 1. The zero-order chi connectivity index (χ0) is 29.1. The lowest BCUT2D eigenvalue weighted by Gasteiger charge is -2.39. The molecule has 2 unspecified atom stereocenters. The predicted octanol–water partition coefficient (Wildman–Crippen LogP) is 3.42. The van der Waals surface area contributed by atoms with Crippen LogP contribution in [0.25, 0.3) is 11.3 Å². The first kappa shape index (κ1) is 28.9. The molecule has 3 N–H and O–H groups in total. The van der Waals surface area contributed by atoms with Crippen LogP contribution in [0.3, 0.4) is 0 Å². The summed E-state index contributed by atoms with van der Waals surface area (Å²) in [4.78, 5) is 25.6. The number of anilines is 2. The number of piperazine rings is 1. The van der Waals surface area contributed by atoms with E-state index >= 15 is 0 Å². The number of aliphatic hydroxyl groups is 1. The molecular formula is C32H44N8O2. The van der Waals surface area contributed by atoms with E-state index in [1.54, 1.807) is 12.4 Å².